The molecule has 0 aliphatic carbocycles. The molecule has 0 spiro atoms. The van der Waals surface area contributed by atoms with Gasteiger partial charge in [-0.15, -0.1) is 10.2 Å². The highest BCUT2D eigenvalue weighted by molar-refractivity contribution is 6.31. The van der Waals surface area contributed by atoms with Crippen LogP contribution in [0.15, 0.2) is 24.3 Å². The zero-order valence-electron chi connectivity index (χ0n) is 8.98. The van der Waals surface area contributed by atoms with Crippen LogP contribution in [-0.2, 0) is 0 Å². The monoisotopic (exact) mass is 255 g/mol. The number of hydrogen-bond acceptors (Lipinski definition) is 2. The third-order valence-electron chi connectivity index (χ3n) is 2.57. The first-order chi connectivity index (χ1) is 7.61. The van der Waals surface area contributed by atoms with Gasteiger partial charge in [0.25, 0.3) is 0 Å². The Kier molecular flexibility index (Phi) is 3.17. The van der Waals surface area contributed by atoms with Crippen molar-refractivity contribution in [3.63, 3.8) is 0 Å². The van der Waals surface area contributed by atoms with E-state index in [-0.39, 0.29) is 6.04 Å². The van der Waals surface area contributed by atoms with E-state index in [1.807, 2.05) is 42.7 Å². The summed E-state index contributed by atoms with van der Waals surface area (Å²) in [5, 5.41) is 8.86. The van der Waals surface area contributed by atoms with E-state index in [9.17, 15) is 0 Å². The van der Waals surface area contributed by atoms with E-state index in [4.69, 9.17) is 23.2 Å². The number of benzene rings is 1. The maximum atomic E-state index is 6.14. The first-order valence-electron chi connectivity index (χ1n) is 4.92. The molecule has 0 bridgehead atoms. The number of nitrogens with zero attached hydrogens (tertiary/aromatic N) is 3. The van der Waals surface area contributed by atoms with Gasteiger partial charge in [-0.05, 0) is 37.1 Å². The maximum Gasteiger partial charge on any atom is 0.225 e. The molecule has 16 heavy (non-hydrogen) atoms. The summed E-state index contributed by atoms with van der Waals surface area (Å²) in [7, 11) is 0. The van der Waals surface area contributed by atoms with Gasteiger partial charge in [0.05, 0.1) is 6.04 Å². The number of aromatic nitrogens is 3. The van der Waals surface area contributed by atoms with Crippen molar-refractivity contribution in [1.29, 1.82) is 0 Å². The summed E-state index contributed by atoms with van der Waals surface area (Å²) < 4.78 is 1.85. The molecule has 0 fully saturated rings. The molecule has 0 aliphatic heterocycles. The Morgan fingerprint density at radius 1 is 1.19 bits per heavy atom. The second kappa shape index (κ2) is 4.44. The minimum Gasteiger partial charge on any atom is -0.295 e. The second-order valence-corrected chi connectivity index (χ2v) is 4.33. The van der Waals surface area contributed by atoms with Gasteiger partial charge < -0.3 is 0 Å². The molecule has 3 nitrogen and oxygen atoms in total. The molecular formula is C11H11Cl2N3. The Bertz CT molecular complexity index is 488. The largest absolute Gasteiger partial charge is 0.295 e. The SMILES string of the molecule is Cc1nnc(Cl)n1C(C)c1ccccc1Cl. The van der Waals surface area contributed by atoms with Gasteiger partial charge >= 0.3 is 0 Å². The first-order valence-corrected chi connectivity index (χ1v) is 5.68. The van der Waals surface area contributed by atoms with Crippen molar-refractivity contribution in [2.75, 3.05) is 0 Å². The van der Waals surface area contributed by atoms with Gasteiger partial charge in [0, 0.05) is 5.02 Å². The van der Waals surface area contributed by atoms with Gasteiger partial charge in [0.2, 0.25) is 5.28 Å². The second-order valence-electron chi connectivity index (χ2n) is 3.58. The predicted octanol–water partition coefficient (Wildman–Crippen LogP) is 3.50. The van der Waals surface area contributed by atoms with Gasteiger partial charge in [-0.2, -0.15) is 0 Å². The lowest BCUT2D eigenvalue weighted by molar-refractivity contribution is 0.619. The van der Waals surface area contributed by atoms with Crippen LogP contribution in [0.5, 0.6) is 0 Å². The normalized spacial score (nSPS) is 12.8. The van der Waals surface area contributed by atoms with Gasteiger partial charge in [0.15, 0.2) is 0 Å². The molecule has 2 aromatic rings. The molecule has 0 aliphatic rings. The van der Waals surface area contributed by atoms with E-state index in [1.165, 1.54) is 0 Å². The fourth-order valence-electron chi connectivity index (χ4n) is 1.74. The number of rotatable bonds is 2. The van der Waals surface area contributed by atoms with Crippen LogP contribution in [0.3, 0.4) is 0 Å². The molecule has 84 valence electrons. The third kappa shape index (κ3) is 1.93. The van der Waals surface area contributed by atoms with E-state index < -0.39 is 0 Å². The Hall–Kier alpha value is -1.06. The van der Waals surface area contributed by atoms with E-state index in [1.54, 1.807) is 0 Å². The third-order valence-corrected chi connectivity index (χ3v) is 3.17. The van der Waals surface area contributed by atoms with Crippen LogP contribution < -0.4 is 0 Å². The van der Waals surface area contributed by atoms with Crippen molar-refractivity contribution in [2.24, 2.45) is 0 Å². The van der Waals surface area contributed by atoms with Crippen molar-refractivity contribution < 1.29 is 0 Å². The van der Waals surface area contributed by atoms with E-state index in [2.05, 4.69) is 10.2 Å². The van der Waals surface area contributed by atoms with E-state index in [0.29, 0.717) is 5.28 Å². The van der Waals surface area contributed by atoms with Crippen LogP contribution in [0, 0.1) is 6.92 Å². The molecule has 0 N–H and O–H groups in total. The van der Waals surface area contributed by atoms with Gasteiger partial charge in [-0.1, -0.05) is 29.8 Å². The highest BCUT2D eigenvalue weighted by atomic mass is 35.5. The predicted molar refractivity (Wildman–Crippen MR) is 65.0 cm³/mol. The molecule has 0 radical (unpaired) electrons. The van der Waals surface area contributed by atoms with Crippen LogP contribution in [0.4, 0.5) is 0 Å². The van der Waals surface area contributed by atoms with E-state index >= 15 is 0 Å². The smallest absolute Gasteiger partial charge is 0.225 e. The van der Waals surface area contributed by atoms with Crippen LogP contribution >= 0.6 is 23.2 Å². The first kappa shape index (κ1) is 11.4. The molecule has 0 saturated heterocycles. The topological polar surface area (TPSA) is 30.7 Å². The van der Waals surface area contributed by atoms with Crippen LogP contribution in [0.1, 0.15) is 24.4 Å². The molecule has 1 unspecified atom stereocenters. The quantitative estimate of drug-likeness (QED) is 0.823. The lowest BCUT2D eigenvalue weighted by Crippen LogP contribution is -2.09. The molecule has 5 heteroatoms. The molecule has 1 heterocycles. The zero-order valence-corrected chi connectivity index (χ0v) is 10.5. The molecule has 1 aromatic carbocycles. The summed E-state index contributed by atoms with van der Waals surface area (Å²) in [6, 6.07) is 7.71. The standard InChI is InChI=1S/C11H11Cl2N3/c1-7(9-5-3-4-6-10(9)12)16-8(2)14-15-11(16)13/h3-7H,1-2H3. The molecule has 0 saturated carbocycles. The summed E-state index contributed by atoms with van der Waals surface area (Å²) >= 11 is 12.1. The number of halogens is 2. The molecule has 0 amide bonds. The number of aryl methyl sites for hydroxylation is 1. The van der Waals surface area contributed by atoms with Gasteiger partial charge in [-0.3, -0.25) is 4.57 Å². The fourth-order valence-corrected chi connectivity index (χ4v) is 2.34. The molecular weight excluding hydrogens is 245 g/mol. The summed E-state index contributed by atoms with van der Waals surface area (Å²) in [5.41, 5.74) is 1.01. The Labute approximate surface area is 104 Å². The summed E-state index contributed by atoms with van der Waals surface area (Å²) in [6.07, 6.45) is 0. The average molecular weight is 256 g/mol. The lowest BCUT2D eigenvalue weighted by Gasteiger charge is -2.16. The fraction of sp³-hybridized carbons (Fsp3) is 0.273. The van der Waals surface area contributed by atoms with E-state index in [0.717, 1.165) is 16.4 Å². The summed E-state index contributed by atoms with van der Waals surface area (Å²) in [6.45, 7) is 3.88. The van der Waals surface area contributed by atoms with Gasteiger partial charge in [0.1, 0.15) is 5.82 Å². The minimum atomic E-state index is 0.0243. The summed E-state index contributed by atoms with van der Waals surface area (Å²) in [5.74, 6) is 0.775. The Morgan fingerprint density at radius 3 is 2.44 bits per heavy atom. The van der Waals surface area contributed by atoms with Crippen molar-refractivity contribution in [3.05, 3.63) is 46.0 Å². The minimum absolute atomic E-state index is 0.0243. The van der Waals surface area contributed by atoms with Crippen molar-refractivity contribution in [1.82, 2.24) is 14.8 Å². The van der Waals surface area contributed by atoms with Crippen LogP contribution in [-0.4, -0.2) is 14.8 Å². The van der Waals surface area contributed by atoms with Crippen LogP contribution in [0.25, 0.3) is 0 Å². The van der Waals surface area contributed by atoms with Crippen molar-refractivity contribution in [3.8, 4) is 0 Å². The molecule has 1 atom stereocenters. The number of hydrogen-bond donors (Lipinski definition) is 0. The highest BCUT2D eigenvalue weighted by Gasteiger charge is 2.16. The van der Waals surface area contributed by atoms with Crippen molar-refractivity contribution >= 4 is 23.2 Å². The maximum absolute atomic E-state index is 6.14. The Morgan fingerprint density at radius 2 is 1.88 bits per heavy atom. The lowest BCUT2D eigenvalue weighted by atomic mass is 10.1. The highest BCUT2D eigenvalue weighted by Crippen LogP contribution is 2.28. The average Bonchev–Trinajstić information content (AvgIpc) is 2.58. The summed E-state index contributed by atoms with van der Waals surface area (Å²) in [4.78, 5) is 0. The zero-order chi connectivity index (χ0) is 11.7. The van der Waals surface area contributed by atoms with Crippen LogP contribution in [0.2, 0.25) is 10.3 Å². The molecule has 1 aromatic heterocycles. The van der Waals surface area contributed by atoms with Gasteiger partial charge in [-0.25, -0.2) is 0 Å². The van der Waals surface area contributed by atoms with Crippen molar-refractivity contribution in [2.45, 2.75) is 19.9 Å². The Balaban J connectivity index is 2.47. The molecule has 2 rings (SSSR count).